The largest absolute Gasteiger partial charge is 0.311 e. The summed E-state index contributed by atoms with van der Waals surface area (Å²) in [5, 5.41) is 7.58. The first-order valence-corrected chi connectivity index (χ1v) is 6.54. The van der Waals surface area contributed by atoms with Crippen LogP contribution in [0.25, 0.3) is 5.69 Å². The number of nitrogens with zero attached hydrogens (tertiary/aromatic N) is 4. The quantitative estimate of drug-likeness (QED) is 0.739. The number of rotatable bonds is 3. The summed E-state index contributed by atoms with van der Waals surface area (Å²) in [4.78, 5) is 14.4. The third-order valence-electron chi connectivity index (χ3n) is 3.28. The number of anilines is 1. The molecule has 2 aromatic carbocycles. The van der Waals surface area contributed by atoms with Gasteiger partial charge in [-0.15, -0.1) is 10.2 Å². The Morgan fingerprint density at radius 2 is 1.57 bits per heavy atom. The van der Waals surface area contributed by atoms with Crippen LogP contribution in [0, 0.1) is 0 Å². The van der Waals surface area contributed by atoms with E-state index in [2.05, 4.69) is 10.2 Å². The lowest BCUT2D eigenvalue weighted by Gasteiger charge is -2.19. The molecule has 0 radical (unpaired) electrons. The van der Waals surface area contributed by atoms with Gasteiger partial charge < -0.3 is 4.90 Å². The zero-order valence-electron chi connectivity index (χ0n) is 11.5. The lowest BCUT2D eigenvalue weighted by molar-refractivity contribution is 0.0993. The number of hydrogen-bond donors (Lipinski definition) is 0. The summed E-state index contributed by atoms with van der Waals surface area (Å²) in [6.45, 7) is 0. The first kappa shape index (κ1) is 13.1. The molecule has 0 fully saturated rings. The third-order valence-corrected chi connectivity index (χ3v) is 3.28. The van der Waals surface area contributed by atoms with E-state index in [9.17, 15) is 4.79 Å². The van der Waals surface area contributed by atoms with Crippen molar-refractivity contribution in [1.29, 1.82) is 0 Å². The van der Waals surface area contributed by atoms with Crippen molar-refractivity contribution < 1.29 is 4.79 Å². The Balaban J connectivity index is 1.99. The zero-order chi connectivity index (χ0) is 14.7. The average molecular weight is 278 g/mol. The molecule has 0 bridgehead atoms. The minimum Gasteiger partial charge on any atom is -0.311 e. The first-order chi connectivity index (χ1) is 10.3. The van der Waals surface area contributed by atoms with Crippen molar-refractivity contribution in [2.24, 2.45) is 0 Å². The maximum Gasteiger partial charge on any atom is 0.260 e. The number of amides is 1. The fraction of sp³-hybridized carbons (Fsp3) is 0.0625. The summed E-state index contributed by atoms with van der Waals surface area (Å²) in [6.07, 6.45) is 3.16. The number of carbonyl (C=O) groups is 1. The Bertz CT molecular complexity index is 738. The second-order valence-corrected chi connectivity index (χ2v) is 4.59. The van der Waals surface area contributed by atoms with E-state index < -0.39 is 0 Å². The Hall–Kier alpha value is -2.95. The van der Waals surface area contributed by atoms with Gasteiger partial charge in [-0.25, -0.2) is 0 Å². The molecule has 1 aromatic heterocycles. The molecule has 1 amide bonds. The first-order valence-electron chi connectivity index (χ1n) is 6.54. The molecule has 3 rings (SSSR count). The Labute approximate surface area is 122 Å². The SMILES string of the molecule is CN(C(=O)c1ccccc1-n1cnnc1)c1ccccc1. The van der Waals surface area contributed by atoms with Gasteiger partial charge in [0.2, 0.25) is 0 Å². The van der Waals surface area contributed by atoms with E-state index in [0.717, 1.165) is 11.4 Å². The van der Waals surface area contributed by atoms with E-state index in [0.29, 0.717) is 5.56 Å². The molecule has 1 heterocycles. The van der Waals surface area contributed by atoms with Crippen LogP contribution in [-0.2, 0) is 0 Å². The van der Waals surface area contributed by atoms with Crippen LogP contribution in [0.5, 0.6) is 0 Å². The molecular weight excluding hydrogens is 264 g/mol. The van der Waals surface area contributed by atoms with Crippen LogP contribution in [0.4, 0.5) is 5.69 Å². The Kier molecular flexibility index (Phi) is 3.47. The summed E-state index contributed by atoms with van der Waals surface area (Å²) in [5.74, 6) is -0.0782. The predicted molar refractivity (Wildman–Crippen MR) is 80.5 cm³/mol. The fourth-order valence-corrected chi connectivity index (χ4v) is 2.15. The maximum absolute atomic E-state index is 12.7. The van der Waals surface area contributed by atoms with Crippen molar-refractivity contribution in [3.8, 4) is 5.69 Å². The molecule has 3 aromatic rings. The van der Waals surface area contributed by atoms with Crippen LogP contribution >= 0.6 is 0 Å². The van der Waals surface area contributed by atoms with Gasteiger partial charge >= 0.3 is 0 Å². The second-order valence-electron chi connectivity index (χ2n) is 4.59. The van der Waals surface area contributed by atoms with Crippen LogP contribution in [0.2, 0.25) is 0 Å². The lowest BCUT2D eigenvalue weighted by atomic mass is 10.1. The highest BCUT2D eigenvalue weighted by molar-refractivity contribution is 6.08. The maximum atomic E-state index is 12.7. The minimum atomic E-state index is -0.0782. The van der Waals surface area contributed by atoms with Crippen LogP contribution in [-0.4, -0.2) is 27.7 Å². The summed E-state index contributed by atoms with van der Waals surface area (Å²) in [5.41, 5.74) is 2.21. The second kappa shape index (κ2) is 5.58. The predicted octanol–water partition coefficient (Wildman–Crippen LogP) is 2.54. The fourth-order valence-electron chi connectivity index (χ4n) is 2.15. The normalized spacial score (nSPS) is 10.3. The average Bonchev–Trinajstić information content (AvgIpc) is 3.08. The van der Waals surface area contributed by atoms with E-state index in [-0.39, 0.29) is 5.91 Å². The van der Waals surface area contributed by atoms with Crippen molar-refractivity contribution in [2.75, 3.05) is 11.9 Å². The molecule has 104 valence electrons. The van der Waals surface area contributed by atoms with E-state index in [1.54, 1.807) is 35.2 Å². The van der Waals surface area contributed by atoms with E-state index >= 15 is 0 Å². The van der Waals surface area contributed by atoms with E-state index in [1.165, 1.54) is 0 Å². The standard InChI is InChI=1S/C16H14N4O/c1-19(13-7-3-2-4-8-13)16(21)14-9-5-6-10-15(14)20-11-17-18-12-20/h2-12H,1H3. The van der Waals surface area contributed by atoms with Crippen molar-refractivity contribution >= 4 is 11.6 Å². The molecular formula is C16H14N4O. The number of aromatic nitrogens is 3. The molecule has 0 saturated heterocycles. The molecule has 5 heteroatoms. The Morgan fingerprint density at radius 3 is 2.29 bits per heavy atom. The summed E-state index contributed by atoms with van der Waals surface area (Å²) in [7, 11) is 1.76. The van der Waals surface area contributed by atoms with Gasteiger partial charge in [0, 0.05) is 12.7 Å². The summed E-state index contributed by atoms with van der Waals surface area (Å²) >= 11 is 0. The van der Waals surface area contributed by atoms with Gasteiger partial charge in [-0.2, -0.15) is 0 Å². The van der Waals surface area contributed by atoms with Crippen LogP contribution in [0.1, 0.15) is 10.4 Å². The molecule has 0 aliphatic heterocycles. The minimum absolute atomic E-state index is 0.0782. The van der Waals surface area contributed by atoms with Gasteiger partial charge in [-0.1, -0.05) is 30.3 Å². The highest BCUT2D eigenvalue weighted by Crippen LogP contribution is 2.19. The molecule has 0 aliphatic carbocycles. The van der Waals surface area contributed by atoms with Gasteiger partial charge in [0.15, 0.2) is 0 Å². The highest BCUT2D eigenvalue weighted by Gasteiger charge is 2.17. The highest BCUT2D eigenvalue weighted by atomic mass is 16.2. The molecule has 0 N–H and O–H groups in total. The van der Waals surface area contributed by atoms with Gasteiger partial charge in [0.1, 0.15) is 12.7 Å². The zero-order valence-corrected chi connectivity index (χ0v) is 11.5. The summed E-state index contributed by atoms with van der Waals surface area (Å²) in [6, 6.07) is 16.9. The van der Waals surface area contributed by atoms with Gasteiger partial charge in [0.25, 0.3) is 5.91 Å². The van der Waals surface area contributed by atoms with Gasteiger partial charge in [-0.05, 0) is 24.3 Å². The van der Waals surface area contributed by atoms with Gasteiger partial charge in [0.05, 0.1) is 11.3 Å². The molecule has 0 spiro atoms. The molecule has 0 saturated carbocycles. The van der Waals surface area contributed by atoms with Crippen LogP contribution in [0.3, 0.4) is 0 Å². The van der Waals surface area contributed by atoms with Gasteiger partial charge in [-0.3, -0.25) is 9.36 Å². The Morgan fingerprint density at radius 1 is 0.952 bits per heavy atom. The third kappa shape index (κ3) is 2.53. The number of benzene rings is 2. The smallest absolute Gasteiger partial charge is 0.260 e. The number of para-hydroxylation sites is 2. The molecule has 0 unspecified atom stereocenters. The molecule has 0 atom stereocenters. The molecule has 5 nitrogen and oxygen atoms in total. The molecule has 21 heavy (non-hydrogen) atoms. The van der Waals surface area contributed by atoms with Crippen molar-refractivity contribution in [3.63, 3.8) is 0 Å². The number of hydrogen-bond acceptors (Lipinski definition) is 3. The topological polar surface area (TPSA) is 51.0 Å². The van der Waals surface area contributed by atoms with Crippen molar-refractivity contribution in [2.45, 2.75) is 0 Å². The van der Waals surface area contributed by atoms with Crippen molar-refractivity contribution in [3.05, 3.63) is 72.8 Å². The van der Waals surface area contributed by atoms with Crippen LogP contribution < -0.4 is 4.90 Å². The summed E-state index contributed by atoms with van der Waals surface area (Å²) < 4.78 is 1.73. The van der Waals surface area contributed by atoms with Crippen molar-refractivity contribution in [1.82, 2.24) is 14.8 Å². The van der Waals surface area contributed by atoms with Crippen LogP contribution in [0.15, 0.2) is 67.3 Å². The van der Waals surface area contributed by atoms with E-state index in [4.69, 9.17) is 0 Å². The van der Waals surface area contributed by atoms with E-state index in [1.807, 2.05) is 48.5 Å². The lowest BCUT2D eigenvalue weighted by Crippen LogP contribution is -2.27. The number of carbonyl (C=O) groups excluding carboxylic acids is 1. The molecule has 0 aliphatic rings. The monoisotopic (exact) mass is 278 g/mol.